The lowest BCUT2D eigenvalue weighted by Gasteiger charge is -2.16. The highest BCUT2D eigenvalue weighted by Crippen LogP contribution is 2.21. The van der Waals surface area contributed by atoms with Crippen molar-refractivity contribution < 1.29 is 9.53 Å². The highest BCUT2D eigenvalue weighted by atomic mass is 16.5. The normalized spacial score (nSPS) is 11.8. The molecular weight excluding hydrogens is 252 g/mol. The van der Waals surface area contributed by atoms with Crippen molar-refractivity contribution >= 4 is 11.5 Å². The van der Waals surface area contributed by atoms with Gasteiger partial charge in [-0.15, -0.1) is 0 Å². The zero-order valence-electron chi connectivity index (χ0n) is 11.9. The second-order valence-corrected chi connectivity index (χ2v) is 4.60. The van der Waals surface area contributed by atoms with E-state index in [2.05, 4.69) is 10.3 Å². The minimum atomic E-state index is -0.0274. The van der Waals surface area contributed by atoms with Gasteiger partial charge in [0.05, 0.1) is 18.8 Å². The summed E-state index contributed by atoms with van der Waals surface area (Å²) in [5.74, 6) is 0.771. The van der Waals surface area contributed by atoms with Gasteiger partial charge in [0.1, 0.15) is 11.4 Å². The van der Waals surface area contributed by atoms with Crippen LogP contribution in [0.4, 0.5) is 5.69 Å². The van der Waals surface area contributed by atoms with Crippen molar-refractivity contribution in [2.24, 2.45) is 0 Å². The summed E-state index contributed by atoms with van der Waals surface area (Å²) < 4.78 is 5.19. The summed E-state index contributed by atoms with van der Waals surface area (Å²) in [4.78, 5) is 15.7. The van der Waals surface area contributed by atoms with Gasteiger partial charge < -0.3 is 10.1 Å². The smallest absolute Gasteiger partial charge is 0.178 e. The van der Waals surface area contributed by atoms with Crippen molar-refractivity contribution in [3.63, 3.8) is 0 Å². The molecule has 1 N–H and O–H groups in total. The van der Waals surface area contributed by atoms with Crippen LogP contribution in [0.3, 0.4) is 0 Å². The van der Waals surface area contributed by atoms with E-state index in [1.54, 1.807) is 13.2 Å². The van der Waals surface area contributed by atoms with Gasteiger partial charge >= 0.3 is 0 Å². The Bertz CT molecular complexity index is 611. The number of rotatable bonds is 5. The maximum absolute atomic E-state index is 11.4. The molecule has 0 aliphatic rings. The van der Waals surface area contributed by atoms with E-state index in [1.165, 1.54) is 6.92 Å². The number of aromatic nitrogens is 1. The molecule has 1 aromatic carbocycles. The fraction of sp³-hybridized carbons (Fsp3) is 0.250. The van der Waals surface area contributed by atoms with Gasteiger partial charge in [0.25, 0.3) is 0 Å². The van der Waals surface area contributed by atoms with E-state index in [-0.39, 0.29) is 11.8 Å². The summed E-state index contributed by atoms with van der Waals surface area (Å²) in [5.41, 5.74) is 2.27. The lowest BCUT2D eigenvalue weighted by atomic mass is 10.1. The summed E-state index contributed by atoms with van der Waals surface area (Å²) in [6, 6.07) is 13.2. The number of carbonyl (C=O) groups is 1. The van der Waals surface area contributed by atoms with Gasteiger partial charge in [0.15, 0.2) is 5.78 Å². The summed E-state index contributed by atoms with van der Waals surface area (Å²) in [7, 11) is 1.64. The Labute approximate surface area is 118 Å². The fourth-order valence-corrected chi connectivity index (χ4v) is 1.93. The Morgan fingerprint density at radius 3 is 2.70 bits per heavy atom. The van der Waals surface area contributed by atoms with Crippen molar-refractivity contribution in [1.82, 2.24) is 4.98 Å². The van der Waals surface area contributed by atoms with Crippen LogP contribution in [0.2, 0.25) is 0 Å². The Morgan fingerprint density at radius 1 is 1.25 bits per heavy atom. The molecule has 0 bridgehead atoms. The molecular formula is C16H18N2O2. The molecule has 0 fully saturated rings. The molecule has 0 radical (unpaired) electrons. The number of ketones is 1. The maximum Gasteiger partial charge on any atom is 0.178 e. The number of anilines is 1. The van der Waals surface area contributed by atoms with E-state index in [0.29, 0.717) is 5.69 Å². The van der Waals surface area contributed by atoms with Gasteiger partial charge in [-0.3, -0.25) is 4.79 Å². The van der Waals surface area contributed by atoms with Crippen molar-refractivity contribution in [2.45, 2.75) is 19.9 Å². The fourth-order valence-electron chi connectivity index (χ4n) is 1.93. The highest BCUT2D eigenvalue weighted by molar-refractivity contribution is 5.92. The minimum Gasteiger partial charge on any atom is -0.497 e. The molecule has 104 valence electrons. The molecule has 1 aromatic heterocycles. The molecule has 20 heavy (non-hydrogen) atoms. The van der Waals surface area contributed by atoms with Crippen LogP contribution in [-0.4, -0.2) is 17.9 Å². The Hall–Kier alpha value is -2.36. The number of nitrogens with one attached hydrogen (secondary N) is 1. The van der Waals surface area contributed by atoms with Gasteiger partial charge in [-0.05, 0) is 31.2 Å². The predicted octanol–water partition coefficient (Wildman–Crippen LogP) is 3.47. The third-order valence-corrected chi connectivity index (χ3v) is 3.03. The van der Waals surface area contributed by atoms with Gasteiger partial charge in [0, 0.05) is 18.7 Å². The highest BCUT2D eigenvalue weighted by Gasteiger charge is 2.09. The largest absolute Gasteiger partial charge is 0.497 e. The van der Waals surface area contributed by atoms with Crippen LogP contribution < -0.4 is 10.1 Å². The molecule has 0 saturated heterocycles. The molecule has 2 aromatic rings. The Balaban J connectivity index is 2.16. The Morgan fingerprint density at radius 2 is 2.00 bits per heavy atom. The van der Waals surface area contributed by atoms with E-state index in [0.717, 1.165) is 17.1 Å². The van der Waals surface area contributed by atoms with E-state index >= 15 is 0 Å². The maximum atomic E-state index is 11.4. The number of benzene rings is 1. The third-order valence-electron chi connectivity index (χ3n) is 3.03. The second-order valence-electron chi connectivity index (χ2n) is 4.60. The van der Waals surface area contributed by atoms with Crippen LogP contribution in [0.5, 0.6) is 5.75 Å². The molecule has 0 unspecified atom stereocenters. The second kappa shape index (κ2) is 6.19. The standard InChI is InChI=1S/C16H18N2O2/c1-11(15-8-5-9-16(18-15)12(2)19)17-13-6-4-7-14(10-13)20-3/h4-11,17H,1-3H3/t11-/m0/s1. The average molecular weight is 270 g/mol. The summed E-state index contributed by atoms with van der Waals surface area (Å²) >= 11 is 0. The van der Waals surface area contributed by atoms with E-state index in [9.17, 15) is 4.79 Å². The summed E-state index contributed by atoms with van der Waals surface area (Å²) in [5, 5.41) is 3.35. The number of carbonyl (C=O) groups excluding carboxylic acids is 1. The van der Waals surface area contributed by atoms with E-state index in [1.807, 2.05) is 43.3 Å². The lowest BCUT2D eigenvalue weighted by Crippen LogP contribution is -2.10. The van der Waals surface area contributed by atoms with Crippen LogP contribution in [0.15, 0.2) is 42.5 Å². The van der Waals surface area contributed by atoms with E-state index < -0.39 is 0 Å². The molecule has 0 aliphatic heterocycles. The summed E-state index contributed by atoms with van der Waals surface area (Å²) in [6.45, 7) is 3.53. The molecule has 0 saturated carbocycles. The zero-order valence-corrected chi connectivity index (χ0v) is 11.9. The monoisotopic (exact) mass is 270 g/mol. The van der Waals surface area contributed by atoms with Crippen molar-refractivity contribution in [2.75, 3.05) is 12.4 Å². The molecule has 4 heteroatoms. The lowest BCUT2D eigenvalue weighted by molar-refractivity contribution is 0.101. The van der Waals surface area contributed by atoms with Crippen molar-refractivity contribution in [3.8, 4) is 5.75 Å². The van der Waals surface area contributed by atoms with Crippen LogP contribution in [-0.2, 0) is 0 Å². The van der Waals surface area contributed by atoms with Crippen LogP contribution in [0.1, 0.15) is 36.1 Å². The minimum absolute atomic E-state index is 0.00130. The SMILES string of the molecule is COc1cccc(N[C@@H](C)c2cccc(C(C)=O)n2)c1. The van der Waals surface area contributed by atoms with Gasteiger partial charge in [-0.1, -0.05) is 12.1 Å². The van der Waals surface area contributed by atoms with Crippen LogP contribution in [0, 0.1) is 0 Å². The van der Waals surface area contributed by atoms with E-state index in [4.69, 9.17) is 4.74 Å². The first-order valence-corrected chi connectivity index (χ1v) is 6.48. The zero-order chi connectivity index (χ0) is 14.5. The first kappa shape index (κ1) is 14.1. The number of hydrogen-bond donors (Lipinski definition) is 1. The molecule has 2 rings (SSSR count). The predicted molar refractivity (Wildman–Crippen MR) is 79.3 cm³/mol. The number of ether oxygens (including phenoxy) is 1. The Kier molecular flexibility index (Phi) is 4.35. The number of hydrogen-bond acceptors (Lipinski definition) is 4. The molecule has 0 amide bonds. The average Bonchev–Trinajstić information content (AvgIpc) is 2.47. The molecule has 1 atom stereocenters. The number of nitrogens with zero attached hydrogens (tertiary/aromatic N) is 1. The molecule has 1 heterocycles. The quantitative estimate of drug-likeness (QED) is 0.845. The van der Waals surface area contributed by atoms with Gasteiger partial charge in [0.2, 0.25) is 0 Å². The van der Waals surface area contributed by atoms with Gasteiger partial charge in [-0.2, -0.15) is 0 Å². The number of pyridine rings is 1. The molecule has 0 spiro atoms. The molecule has 0 aliphatic carbocycles. The van der Waals surface area contributed by atoms with Crippen LogP contribution >= 0.6 is 0 Å². The third kappa shape index (κ3) is 3.35. The van der Waals surface area contributed by atoms with Crippen molar-refractivity contribution in [1.29, 1.82) is 0 Å². The number of Topliss-reactive ketones (excluding diaryl/α,β-unsaturated/α-hetero) is 1. The summed E-state index contributed by atoms with van der Waals surface area (Å²) in [6.07, 6.45) is 0. The van der Waals surface area contributed by atoms with Gasteiger partial charge in [-0.25, -0.2) is 4.98 Å². The first-order valence-electron chi connectivity index (χ1n) is 6.48. The first-order chi connectivity index (χ1) is 9.60. The molecule has 4 nitrogen and oxygen atoms in total. The van der Waals surface area contributed by atoms with Crippen LogP contribution in [0.25, 0.3) is 0 Å². The topological polar surface area (TPSA) is 51.2 Å². The number of methoxy groups -OCH3 is 1. The van der Waals surface area contributed by atoms with Crippen molar-refractivity contribution in [3.05, 3.63) is 53.9 Å².